The van der Waals surface area contributed by atoms with E-state index >= 15 is 0 Å². The fourth-order valence-corrected chi connectivity index (χ4v) is 3.66. The lowest BCUT2D eigenvalue weighted by Gasteiger charge is -2.23. The maximum Gasteiger partial charge on any atom is 0.248 e. The highest BCUT2D eigenvalue weighted by atomic mass is 32.2. The van der Waals surface area contributed by atoms with E-state index in [0.29, 0.717) is 26.2 Å². The molecule has 0 atom stereocenters. The Hall–Kier alpha value is -1.12. The Balaban J connectivity index is 3.09. The van der Waals surface area contributed by atoms with Gasteiger partial charge in [-0.1, -0.05) is 20.8 Å². The van der Waals surface area contributed by atoms with Gasteiger partial charge in [-0.3, -0.25) is 4.68 Å². The molecule has 7 nitrogen and oxygen atoms in total. The smallest absolute Gasteiger partial charge is 0.248 e. The first-order chi connectivity index (χ1) is 9.82. The van der Waals surface area contributed by atoms with Crippen LogP contribution in [0.25, 0.3) is 0 Å². The van der Waals surface area contributed by atoms with Gasteiger partial charge in [-0.2, -0.15) is 9.40 Å². The number of sulfonamides is 1. The predicted octanol–water partition coefficient (Wildman–Crippen LogP) is 1.17. The predicted molar refractivity (Wildman–Crippen MR) is 82.4 cm³/mol. The number of hydrogen-bond donors (Lipinski definition) is 1. The first-order valence-corrected chi connectivity index (χ1v) is 8.58. The molecule has 8 heteroatoms. The molecule has 0 amide bonds. The zero-order chi connectivity index (χ0) is 16.0. The minimum Gasteiger partial charge on any atom is -0.383 e. The average Bonchev–Trinajstić information content (AvgIpc) is 2.76. The Morgan fingerprint density at radius 3 is 2.67 bits per heavy atom. The number of hydrogen-bond acceptors (Lipinski definition) is 5. The highest BCUT2D eigenvalue weighted by Gasteiger charge is 2.29. The maximum absolute atomic E-state index is 12.7. The van der Waals surface area contributed by atoms with Gasteiger partial charge in [-0.25, -0.2) is 8.42 Å². The number of aryl methyl sites for hydroxylation is 1. The van der Waals surface area contributed by atoms with Gasteiger partial charge in [-0.05, 0) is 12.3 Å². The largest absolute Gasteiger partial charge is 0.383 e. The quantitative estimate of drug-likeness (QED) is 0.738. The molecule has 0 aliphatic rings. The van der Waals surface area contributed by atoms with E-state index in [4.69, 9.17) is 10.5 Å². The Labute approximate surface area is 127 Å². The van der Waals surface area contributed by atoms with Crippen molar-refractivity contribution in [1.82, 2.24) is 14.1 Å². The topological polar surface area (TPSA) is 90.5 Å². The molecule has 0 aromatic carbocycles. The molecule has 0 fully saturated rings. The van der Waals surface area contributed by atoms with Crippen LogP contribution < -0.4 is 5.73 Å². The summed E-state index contributed by atoms with van der Waals surface area (Å²) in [6.45, 7) is 7.64. The normalized spacial score (nSPS) is 12.5. The number of ether oxygens (including phenoxy) is 1. The third kappa shape index (κ3) is 4.69. The van der Waals surface area contributed by atoms with Crippen LogP contribution in [-0.2, 0) is 21.3 Å². The van der Waals surface area contributed by atoms with Crippen molar-refractivity contribution in [2.24, 2.45) is 5.92 Å². The second-order valence-corrected chi connectivity index (χ2v) is 7.30. The van der Waals surface area contributed by atoms with Crippen LogP contribution in [-0.4, -0.2) is 49.3 Å². The van der Waals surface area contributed by atoms with Crippen molar-refractivity contribution >= 4 is 15.8 Å². The highest BCUT2D eigenvalue weighted by Crippen LogP contribution is 2.22. The molecule has 0 radical (unpaired) electrons. The van der Waals surface area contributed by atoms with Crippen molar-refractivity contribution in [1.29, 1.82) is 0 Å². The Kier molecular flexibility index (Phi) is 6.63. The Bertz CT molecular complexity index is 540. The molecule has 0 saturated heterocycles. The van der Waals surface area contributed by atoms with Crippen molar-refractivity contribution < 1.29 is 13.2 Å². The zero-order valence-corrected chi connectivity index (χ0v) is 14.1. The standard InChI is InChI=1S/C13H26N4O3S/c1-5-6-16-10-12(13(14)15-16)21(18,19)17(7-8-20-4)9-11(2)3/h10-11H,5-9H2,1-4H3,(H2,14,15). The summed E-state index contributed by atoms with van der Waals surface area (Å²) in [6, 6.07) is 0. The highest BCUT2D eigenvalue weighted by molar-refractivity contribution is 7.89. The molecular formula is C13H26N4O3S. The molecule has 0 unspecified atom stereocenters. The zero-order valence-electron chi connectivity index (χ0n) is 13.2. The summed E-state index contributed by atoms with van der Waals surface area (Å²) in [7, 11) is -2.10. The Morgan fingerprint density at radius 2 is 2.14 bits per heavy atom. The molecule has 1 rings (SSSR count). The minimum absolute atomic E-state index is 0.0506. The van der Waals surface area contributed by atoms with E-state index in [9.17, 15) is 8.42 Å². The van der Waals surface area contributed by atoms with Gasteiger partial charge in [0.1, 0.15) is 4.90 Å². The van der Waals surface area contributed by atoms with E-state index in [-0.39, 0.29) is 16.6 Å². The van der Waals surface area contributed by atoms with Crippen LogP contribution in [0, 0.1) is 5.92 Å². The number of nitrogens with zero attached hydrogens (tertiary/aromatic N) is 3. The molecule has 2 N–H and O–H groups in total. The fraction of sp³-hybridized carbons (Fsp3) is 0.769. The van der Waals surface area contributed by atoms with Crippen LogP contribution in [0.4, 0.5) is 5.82 Å². The molecule has 0 aliphatic carbocycles. The molecule has 21 heavy (non-hydrogen) atoms. The first-order valence-electron chi connectivity index (χ1n) is 7.14. The molecule has 0 bridgehead atoms. The summed E-state index contributed by atoms with van der Waals surface area (Å²) in [5.74, 6) is 0.262. The van der Waals surface area contributed by atoms with E-state index in [1.807, 2.05) is 20.8 Å². The van der Waals surface area contributed by atoms with E-state index in [0.717, 1.165) is 6.42 Å². The number of nitrogen functional groups attached to an aromatic ring is 1. The van der Waals surface area contributed by atoms with Crippen LogP contribution in [0.2, 0.25) is 0 Å². The third-order valence-corrected chi connectivity index (χ3v) is 4.82. The van der Waals surface area contributed by atoms with Gasteiger partial charge < -0.3 is 10.5 Å². The molecule has 0 aliphatic heterocycles. The van der Waals surface area contributed by atoms with Gasteiger partial charge in [0.05, 0.1) is 6.61 Å². The molecule has 0 spiro atoms. The van der Waals surface area contributed by atoms with Gasteiger partial charge in [0.25, 0.3) is 0 Å². The lowest BCUT2D eigenvalue weighted by atomic mass is 10.2. The number of methoxy groups -OCH3 is 1. The molecule has 1 heterocycles. The second-order valence-electron chi connectivity index (χ2n) is 5.39. The summed E-state index contributed by atoms with van der Waals surface area (Å²) < 4.78 is 33.5. The minimum atomic E-state index is -3.65. The van der Waals surface area contributed by atoms with E-state index in [2.05, 4.69) is 5.10 Å². The molecule has 1 aromatic rings. The third-order valence-electron chi connectivity index (χ3n) is 2.94. The summed E-state index contributed by atoms with van der Waals surface area (Å²) in [5, 5.41) is 4.07. The fourth-order valence-electron chi connectivity index (χ4n) is 2.01. The molecule has 0 saturated carbocycles. The average molecular weight is 318 g/mol. The van der Waals surface area contributed by atoms with Crippen LogP contribution in [0.1, 0.15) is 27.2 Å². The SMILES string of the molecule is CCCn1cc(S(=O)(=O)N(CCOC)CC(C)C)c(N)n1. The van der Waals surface area contributed by atoms with Crippen molar-refractivity contribution in [3.05, 3.63) is 6.20 Å². The summed E-state index contributed by atoms with van der Waals surface area (Å²) in [4.78, 5) is 0.0766. The molecule has 122 valence electrons. The van der Waals surface area contributed by atoms with Crippen LogP contribution in [0.3, 0.4) is 0 Å². The monoisotopic (exact) mass is 318 g/mol. The Morgan fingerprint density at radius 1 is 1.48 bits per heavy atom. The lowest BCUT2D eigenvalue weighted by Crippen LogP contribution is -2.36. The summed E-state index contributed by atoms with van der Waals surface area (Å²) in [6.07, 6.45) is 2.37. The number of rotatable bonds is 9. The van der Waals surface area contributed by atoms with E-state index in [1.54, 1.807) is 11.8 Å². The number of anilines is 1. The number of nitrogens with two attached hydrogens (primary N) is 1. The summed E-state index contributed by atoms with van der Waals surface area (Å²) in [5.41, 5.74) is 5.79. The van der Waals surface area contributed by atoms with Crippen molar-refractivity contribution in [2.45, 2.75) is 38.6 Å². The van der Waals surface area contributed by atoms with Gasteiger partial charge in [-0.15, -0.1) is 0 Å². The van der Waals surface area contributed by atoms with Crippen LogP contribution in [0.15, 0.2) is 11.1 Å². The van der Waals surface area contributed by atoms with Gasteiger partial charge in [0.2, 0.25) is 10.0 Å². The molecule has 1 aromatic heterocycles. The molecular weight excluding hydrogens is 292 g/mol. The van der Waals surface area contributed by atoms with Crippen molar-refractivity contribution in [3.8, 4) is 0 Å². The van der Waals surface area contributed by atoms with Gasteiger partial charge in [0.15, 0.2) is 5.82 Å². The van der Waals surface area contributed by atoms with Crippen LogP contribution in [0.5, 0.6) is 0 Å². The summed E-state index contributed by atoms with van der Waals surface area (Å²) >= 11 is 0. The maximum atomic E-state index is 12.7. The second kappa shape index (κ2) is 7.77. The van der Waals surface area contributed by atoms with Crippen LogP contribution >= 0.6 is 0 Å². The van der Waals surface area contributed by atoms with E-state index < -0.39 is 10.0 Å². The van der Waals surface area contributed by atoms with Crippen molar-refractivity contribution in [3.63, 3.8) is 0 Å². The van der Waals surface area contributed by atoms with Crippen molar-refractivity contribution in [2.75, 3.05) is 32.5 Å². The van der Waals surface area contributed by atoms with Gasteiger partial charge in [0, 0.05) is 32.9 Å². The number of aromatic nitrogens is 2. The van der Waals surface area contributed by atoms with Gasteiger partial charge >= 0.3 is 0 Å². The van der Waals surface area contributed by atoms with E-state index in [1.165, 1.54) is 10.5 Å². The lowest BCUT2D eigenvalue weighted by molar-refractivity contribution is 0.175. The first kappa shape index (κ1) is 17.9.